The Labute approximate surface area is 113 Å². The molecule has 0 bridgehead atoms. The average Bonchev–Trinajstić information content (AvgIpc) is 2.82. The van der Waals surface area contributed by atoms with Crippen LogP contribution in [-0.2, 0) is 0 Å². The van der Waals surface area contributed by atoms with Gasteiger partial charge in [-0.1, -0.05) is 24.6 Å². The Hall–Kier alpha value is -1.04. The van der Waals surface area contributed by atoms with Crippen molar-refractivity contribution in [1.82, 2.24) is 15.0 Å². The fraction of sp³-hybridized carbons (Fsp3) is 0.750. The molecule has 1 aromatic rings. The van der Waals surface area contributed by atoms with Crippen molar-refractivity contribution in [2.24, 2.45) is 0 Å². The Bertz CT molecular complexity index is 390. The smallest absolute Gasteiger partial charge is 0.230 e. The number of hydrogen-bond donors (Lipinski definition) is 1. The zero-order valence-electron chi connectivity index (χ0n) is 11.3. The number of nitrogens with zero attached hydrogens (tertiary/aromatic N) is 4. The van der Waals surface area contributed by atoms with Crippen molar-refractivity contribution in [2.75, 3.05) is 30.9 Å². The molecule has 5 nitrogen and oxygen atoms in total. The van der Waals surface area contributed by atoms with Gasteiger partial charge in [-0.2, -0.15) is 15.0 Å². The zero-order chi connectivity index (χ0) is 13.0. The minimum atomic E-state index is 0.677. The normalized spacial score (nSPS) is 15.9. The summed E-state index contributed by atoms with van der Waals surface area (Å²) >= 11 is 1.79. The zero-order valence-corrected chi connectivity index (χ0v) is 12.1. The van der Waals surface area contributed by atoms with Crippen LogP contribution in [-0.4, -0.2) is 40.8 Å². The van der Waals surface area contributed by atoms with Crippen molar-refractivity contribution in [3.63, 3.8) is 0 Å². The summed E-state index contributed by atoms with van der Waals surface area (Å²) in [6.45, 7) is 2.87. The molecule has 0 saturated heterocycles. The van der Waals surface area contributed by atoms with E-state index in [1.165, 1.54) is 25.7 Å². The van der Waals surface area contributed by atoms with Crippen LogP contribution >= 0.6 is 11.8 Å². The van der Waals surface area contributed by atoms with Crippen LogP contribution in [0.5, 0.6) is 0 Å². The first-order chi connectivity index (χ1) is 8.69. The van der Waals surface area contributed by atoms with Crippen molar-refractivity contribution >= 4 is 23.7 Å². The van der Waals surface area contributed by atoms with Crippen molar-refractivity contribution in [2.45, 2.75) is 43.0 Å². The minimum Gasteiger partial charge on any atom is -0.354 e. The molecule has 2 rings (SSSR count). The molecule has 1 fully saturated rings. The number of nitrogens with one attached hydrogen (secondary N) is 1. The summed E-state index contributed by atoms with van der Waals surface area (Å²) in [5, 5.41) is 4.69. The first-order valence-corrected chi connectivity index (χ1v) is 7.41. The third-order valence-electron chi connectivity index (χ3n) is 2.91. The summed E-state index contributed by atoms with van der Waals surface area (Å²) in [5.41, 5.74) is 0. The third-order valence-corrected chi connectivity index (χ3v) is 4.11. The van der Waals surface area contributed by atoms with E-state index in [0.29, 0.717) is 11.2 Å². The minimum absolute atomic E-state index is 0.677. The molecule has 1 heterocycles. The number of thioether (sulfide) groups is 1. The van der Waals surface area contributed by atoms with Gasteiger partial charge in [0.25, 0.3) is 0 Å². The lowest BCUT2D eigenvalue weighted by atomic mass is 10.4. The lowest BCUT2D eigenvalue weighted by molar-refractivity contribution is 0.845. The number of hydrogen-bond acceptors (Lipinski definition) is 6. The molecule has 0 amide bonds. The van der Waals surface area contributed by atoms with Gasteiger partial charge in [-0.25, -0.2) is 0 Å². The monoisotopic (exact) mass is 267 g/mol. The molecule has 18 heavy (non-hydrogen) atoms. The van der Waals surface area contributed by atoms with Gasteiger partial charge in [0.05, 0.1) is 0 Å². The highest BCUT2D eigenvalue weighted by molar-refractivity contribution is 7.99. The summed E-state index contributed by atoms with van der Waals surface area (Å²) in [5.74, 6) is 1.40. The summed E-state index contributed by atoms with van der Waals surface area (Å²) in [6, 6.07) is 0. The molecule has 0 radical (unpaired) electrons. The second-order valence-corrected chi connectivity index (χ2v) is 5.96. The molecule has 0 atom stereocenters. The van der Waals surface area contributed by atoms with E-state index >= 15 is 0 Å². The second kappa shape index (κ2) is 6.22. The summed E-state index contributed by atoms with van der Waals surface area (Å²) < 4.78 is 0. The highest BCUT2D eigenvalue weighted by atomic mass is 32.2. The van der Waals surface area contributed by atoms with E-state index in [1.54, 1.807) is 11.8 Å². The standard InChI is InChI=1S/C12H21N5S/c1-4-13-10-14-11(17(2)3)16-12(15-10)18-9-7-5-6-8-9/h9H,4-8H2,1-3H3,(H,13,14,15,16). The van der Waals surface area contributed by atoms with Gasteiger partial charge in [0.15, 0.2) is 5.16 Å². The van der Waals surface area contributed by atoms with E-state index in [9.17, 15) is 0 Å². The topological polar surface area (TPSA) is 53.9 Å². The van der Waals surface area contributed by atoms with Crippen LogP contribution in [0.15, 0.2) is 5.16 Å². The van der Waals surface area contributed by atoms with Crippen molar-refractivity contribution in [3.8, 4) is 0 Å². The van der Waals surface area contributed by atoms with Gasteiger partial charge >= 0.3 is 0 Å². The predicted octanol–water partition coefficient (Wildman–Crippen LogP) is 2.40. The molecule has 100 valence electrons. The second-order valence-electron chi connectivity index (χ2n) is 4.69. The highest BCUT2D eigenvalue weighted by Gasteiger charge is 2.18. The Morgan fingerprint density at radius 3 is 2.56 bits per heavy atom. The van der Waals surface area contributed by atoms with E-state index < -0.39 is 0 Å². The summed E-state index contributed by atoms with van der Waals surface area (Å²) in [7, 11) is 3.91. The maximum Gasteiger partial charge on any atom is 0.230 e. The molecular weight excluding hydrogens is 246 g/mol. The predicted molar refractivity (Wildman–Crippen MR) is 76.4 cm³/mol. The largest absolute Gasteiger partial charge is 0.354 e. The molecule has 6 heteroatoms. The Kier molecular flexibility index (Phi) is 4.63. The van der Waals surface area contributed by atoms with Crippen LogP contribution in [0.4, 0.5) is 11.9 Å². The van der Waals surface area contributed by atoms with E-state index in [4.69, 9.17) is 0 Å². The number of aromatic nitrogens is 3. The van der Waals surface area contributed by atoms with E-state index in [2.05, 4.69) is 20.3 Å². The molecule has 1 aromatic heterocycles. The van der Waals surface area contributed by atoms with Gasteiger partial charge in [-0.15, -0.1) is 0 Å². The Balaban J connectivity index is 2.16. The number of rotatable bonds is 5. The first kappa shape index (κ1) is 13.4. The lowest BCUT2D eigenvalue weighted by Crippen LogP contribution is -2.16. The van der Waals surface area contributed by atoms with Gasteiger partial charge in [-0.05, 0) is 19.8 Å². The molecule has 1 aliphatic rings. The molecule has 0 spiro atoms. The third kappa shape index (κ3) is 3.48. The molecule has 1 aliphatic carbocycles. The SMILES string of the molecule is CCNc1nc(SC2CCCC2)nc(N(C)C)n1. The van der Waals surface area contributed by atoms with Gasteiger partial charge in [0.2, 0.25) is 11.9 Å². The van der Waals surface area contributed by atoms with Crippen LogP contribution in [0, 0.1) is 0 Å². The van der Waals surface area contributed by atoms with E-state index in [1.807, 2.05) is 25.9 Å². The molecule has 1 N–H and O–H groups in total. The van der Waals surface area contributed by atoms with Gasteiger partial charge in [-0.3, -0.25) is 0 Å². The Morgan fingerprint density at radius 1 is 1.22 bits per heavy atom. The van der Waals surface area contributed by atoms with Crippen LogP contribution < -0.4 is 10.2 Å². The number of anilines is 2. The molecule has 0 aliphatic heterocycles. The molecule has 1 saturated carbocycles. The fourth-order valence-electron chi connectivity index (χ4n) is 1.99. The maximum atomic E-state index is 4.51. The molecule has 0 unspecified atom stereocenters. The molecule has 0 aromatic carbocycles. The van der Waals surface area contributed by atoms with Crippen LogP contribution in [0.2, 0.25) is 0 Å². The van der Waals surface area contributed by atoms with Crippen LogP contribution in [0.25, 0.3) is 0 Å². The van der Waals surface area contributed by atoms with Crippen molar-refractivity contribution < 1.29 is 0 Å². The quantitative estimate of drug-likeness (QED) is 0.884. The maximum absolute atomic E-state index is 4.51. The van der Waals surface area contributed by atoms with E-state index in [-0.39, 0.29) is 0 Å². The van der Waals surface area contributed by atoms with Crippen LogP contribution in [0.1, 0.15) is 32.6 Å². The van der Waals surface area contributed by atoms with Crippen molar-refractivity contribution in [1.29, 1.82) is 0 Å². The van der Waals surface area contributed by atoms with E-state index in [0.717, 1.165) is 17.6 Å². The first-order valence-electron chi connectivity index (χ1n) is 6.53. The summed E-state index contributed by atoms with van der Waals surface area (Å²) in [6.07, 6.45) is 5.24. The average molecular weight is 267 g/mol. The lowest BCUT2D eigenvalue weighted by Gasteiger charge is -2.14. The summed E-state index contributed by atoms with van der Waals surface area (Å²) in [4.78, 5) is 15.3. The highest BCUT2D eigenvalue weighted by Crippen LogP contribution is 2.33. The van der Waals surface area contributed by atoms with Crippen LogP contribution in [0.3, 0.4) is 0 Å². The fourth-order valence-corrected chi connectivity index (χ4v) is 3.13. The Morgan fingerprint density at radius 2 is 1.94 bits per heavy atom. The van der Waals surface area contributed by atoms with Gasteiger partial charge in [0.1, 0.15) is 0 Å². The molecular formula is C12H21N5S. The van der Waals surface area contributed by atoms with Gasteiger partial charge < -0.3 is 10.2 Å². The van der Waals surface area contributed by atoms with Gasteiger partial charge in [0, 0.05) is 25.9 Å². The van der Waals surface area contributed by atoms with Crippen molar-refractivity contribution in [3.05, 3.63) is 0 Å².